The van der Waals surface area contributed by atoms with Crippen molar-refractivity contribution in [1.29, 1.82) is 0 Å². The molecule has 122 valence electrons. The highest BCUT2D eigenvalue weighted by molar-refractivity contribution is 5.91. The van der Waals surface area contributed by atoms with E-state index in [1.165, 1.54) is 6.08 Å². The Morgan fingerprint density at radius 3 is 2.64 bits per heavy atom. The molecular formula is C17H25NO4. The molecule has 1 amide bonds. The third-order valence-electron chi connectivity index (χ3n) is 2.72. The quantitative estimate of drug-likeness (QED) is 0.410. The van der Waals surface area contributed by atoms with Gasteiger partial charge < -0.3 is 19.5 Å². The largest absolute Gasteiger partial charge is 0.468 e. The molecule has 5 heteroatoms. The predicted octanol–water partition coefficient (Wildman–Crippen LogP) is 2.61. The van der Waals surface area contributed by atoms with Crippen molar-refractivity contribution in [2.45, 2.75) is 26.4 Å². The first-order chi connectivity index (χ1) is 10.6. The summed E-state index contributed by atoms with van der Waals surface area (Å²) >= 11 is 0. The molecule has 0 unspecified atom stereocenters. The second-order valence-electron chi connectivity index (χ2n) is 5.02. The van der Waals surface area contributed by atoms with Crippen LogP contribution in [0.3, 0.4) is 0 Å². The summed E-state index contributed by atoms with van der Waals surface area (Å²) in [5.41, 5.74) is 0.933. The van der Waals surface area contributed by atoms with Crippen LogP contribution in [0.15, 0.2) is 30.3 Å². The van der Waals surface area contributed by atoms with Crippen LogP contribution in [0.5, 0.6) is 5.75 Å². The number of benzene rings is 1. The van der Waals surface area contributed by atoms with Crippen LogP contribution in [0.25, 0.3) is 6.08 Å². The molecule has 0 saturated carbocycles. The predicted molar refractivity (Wildman–Crippen MR) is 86.7 cm³/mol. The molecule has 0 spiro atoms. The van der Waals surface area contributed by atoms with Gasteiger partial charge in [-0.05, 0) is 44.0 Å². The summed E-state index contributed by atoms with van der Waals surface area (Å²) in [4.78, 5) is 11.6. The normalized spacial score (nSPS) is 11.1. The second kappa shape index (κ2) is 10.8. The van der Waals surface area contributed by atoms with E-state index in [2.05, 4.69) is 5.32 Å². The van der Waals surface area contributed by atoms with Gasteiger partial charge in [0, 0.05) is 26.3 Å². The Kier molecular flexibility index (Phi) is 8.95. The summed E-state index contributed by atoms with van der Waals surface area (Å²) in [6.07, 6.45) is 4.32. The summed E-state index contributed by atoms with van der Waals surface area (Å²) in [5.74, 6) is 0.623. The number of ether oxygens (including phenoxy) is 3. The molecule has 1 aromatic rings. The summed E-state index contributed by atoms with van der Waals surface area (Å²) < 4.78 is 15.5. The van der Waals surface area contributed by atoms with Crippen molar-refractivity contribution in [1.82, 2.24) is 5.32 Å². The topological polar surface area (TPSA) is 56.8 Å². The van der Waals surface area contributed by atoms with Gasteiger partial charge in [0.25, 0.3) is 0 Å². The minimum atomic E-state index is -0.107. The lowest BCUT2D eigenvalue weighted by Crippen LogP contribution is -2.23. The molecule has 0 saturated heterocycles. The average Bonchev–Trinajstić information content (AvgIpc) is 2.51. The van der Waals surface area contributed by atoms with Gasteiger partial charge in [-0.3, -0.25) is 4.79 Å². The van der Waals surface area contributed by atoms with Crippen LogP contribution in [0, 0.1) is 0 Å². The van der Waals surface area contributed by atoms with Gasteiger partial charge in [0.15, 0.2) is 6.79 Å². The maximum Gasteiger partial charge on any atom is 0.244 e. The van der Waals surface area contributed by atoms with E-state index in [9.17, 15) is 4.79 Å². The van der Waals surface area contributed by atoms with Gasteiger partial charge in [-0.25, -0.2) is 0 Å². The third-order valence-corrected chi connectivity index (χ3v) is 2.72. The number of hydrogen-bond donors (Lipinski definition) is 1. The molecule has 0 aromatic heterocycles. The van der Waals surface area contributed by atoms with Gasteiger partial charge >= 0.3 is 0 Å². The zero-order valence-corrected chi connectivity index (χ0v) is 13.5. The fraction of sp³-hybridized carbons (Fsp3) is 0.471. The number of rotatable bonds is 10. The van der Waals surface area contributed by atoms with Crippen LogP contribution in [0.2, 0.25) is 0 Å². The van der Waals surface area contributed by atoms with E-state index in [0.29, 0.717) is 13.2 Å². The van der Waals surface area contributed by atoms with Gasteiger partial charge in [0.05, 0.1) is 6.10 Å². The lowest BCUT2D eigenvalue weighted by Gasteiger charge is -2.07. The van der Waals surface area contributed by atoms with Crippen molar-refractivity contribution in [2.75, 3.05) is 27.1 Å². The zero-order chi connectivity index (χ0) is 16.2. The molecule has 0 aliphatic heterocycles. The third kappa shape index (κ3) is 8.44. The Morgan fingerprint density at radius 2 is 2.00 bits per heavy atom. The first kappa shape index (κ1) is 18.2. The van der Waals surface area contributed by atoms with E-state index in [4.69, 9.17) is 14.2 Å². The monoisotopic (exact) mass is 307 g/mol. The number of amides is 1. The Hall–Kier alpha value is -1.85. The van der Waals surface area contributed by atoms with E-state index in [-0.39, 0.29) is 18.8 Å². The molecule has 0 fully saturated rings. The minimum absolute atomic E-state index is 0.107. The van der Waals surface area contributed by atoms with Crippen molar-refractivity contribution >= 4 is 12.0 Å². The molecule has 0 radical (unpaired) electrons. The SMILES string of the molecule is COCOc1ccc(/C=C/C(=O)NCCCOC(C)C)cc1. The highest BCUT2D eigenvalue weighted by atomic mass is 16.7. The Morgan fingerprint density at radius 1 is 1.27 bits per heavy atom. The Balaban J connectivity index is 2.27. The van der Waals surface area contributed by atoms with Crippen molar-refractivity contribution < 1.29 is 19.0 Å². The van der Waals surface area contributed by atoms with E-state index in [0.717, 1.165) is 17.7 Å². The summed E-state index contributed by atoms with van der Waals surface area (Å²) in [7, 11) is 1.57. The molecule has 5 nitrogen and oxygen atoms in total. The summed E-state index contributed by atoms with van der Waals surface area (Å²) in [6, 6.07) is 7.43. The van der Waals surface area contributed by atoms with Crippen LogP contribution < -0.4 is 10.1 Å². The second-order valence-corrected chi connectivity index (χ2v) is 5.02. The lowest BCUT2D eigenvalue weighted by atomic mass is 10.2. The van der Waals surface area contributed by atoms with Gasteiger partial charge in [-0.2, -0.15) is 0 Å². The number of carbonyl (C=O) groups is 1. The molecule has 0 heterocycles. The van der Waals surface area contributed by atoms with E-state index >= 15 is 0 Å². The summed E-state index contributed by atoms with van der Waals surface area (Å²) in [6.45, 7) is 5.47. The first-order valence-electron chi connectivity index (χ1n) is 7.41. The van der Waals surface area contributed by atoms with Crippen LogP contribution in [0.4, 0.5) is 0 Å². The molecule has 0 bridgehead atoms. The van der Waals surface area contributed by atoms with Gasteiger partial charge in [-0.1, -0.05) is 12.1 Å². The van der Waals surface area contributed by atoms with Crippen molar-refractivity contribution in [3.8, 4) is 5.75 Å². The molecule has 0 aliphatic rings. The van der Waals surface area contributed by atoms with Crippen molar-refractivity contribution in [3.63, 3.8) is 0 Å². The first-order valence-corrected chi connectivity index (χ1v) is 7.41. The average molecular weight is 307 g/mol. The Labute approximate surface area is 132 Å². The van der Waals surface area contributed by atoms with Crippen LogP contribution in [-0.2, 0) is 14.3 Å². The lowest BCUT2D eigenvalue weighted by molar-refractivity contribution is -0.116. The molecule has 0 atom stereocenters. The van der Waals surface area contributed by atoms with Gasteiger partial charge in [0.1, 0.15) is 5.75 Å². The van der Waals surface area contributed by atoms with E-state index in [1.54, 1.807) is 13.2 Å². The standard InChI is InChI=1S/C17H25NO4/c1-14(2)21-12-4-11-18-17(19)10-7-15-5-8-16(9-6-15)22-13-20-3/h5-10,14H,4,11-13H2,1-3H3,(H,18,19)/b10-7+. The zero-order valence-electron chi connectivity index (χ0n) is 13.5. The van der Waals surface area contributed by atoms with Crippen LogP contribution >= 0.6 is 0 Å². The maximum atomic E-state index is 11.6. The van der Waals surface area contributed by atoms with Gasteiger partial charge in [-0.15, -0.1) is 0 Å². The molecule has 1 aromatic carbocycles. The van der Waals surface area contributed by atoms with Crippen molar-refractivity contribution in [3.05, 3.63) is 35.9 Å². The maximum absolute atomic E-state index is 11.6. The van der Waals surface area contributed by atoms with Gasteiger partial charge in [0.2, 0.25) is 5.91 Å². The highest BCUT2D eigenvalue weighted by Gasteiger charge is 1.97. The molecular weight excluding hydrogens is 282 g/mol. The smallest absolute Gasteiger partial charge is 0.244 e. The summed E-state index contributed by atoms with van der Waals surface area (Å²) in [5, 5.41) is 2.82. The van der Waals surface area contributed by atoms with Crippen molar-refractivity contribution in [2.24, 2.45) is 0 Å². The van der Waals surface area contributed by atoms with E-state index in [1.807, 2.05) is 38.1 Å². The number of carbonyl (C=O) groups excluding carboxylic acids is 1. The fourth-order valence-corrected chi connectivity index (χ4v) is 1.64. The highest BCUT2D eigenvalue weighted by Crippen LogP contribution is 2.13. The molecule has 22 heavy (non-hydrogen) atoms. The number of hydrogen-bond acceptors (Lipinski definition) is 4. The Bertz CT molecular complexity index is 454. The number of nitrogens with one attached hydrogen (secondary N) is 1. The van der Waals surface area contributed by atoms with Crippen LogP contribution in [0.1, 0.15) is 25.8 Å². The minimum Gasteiger partial charge on any atom is -0.468 e. The molecule has 1 rings (SSSR count). The number of methoxy groups -OCH3 is 1. The van der Waals surface area contributed by atoms with E-state index < -0.39 is 0 Å². The molecule has 1 N–H and O–H groups in total. The fourth-order valence-electron chi connectivity index (χ4n) is 1.64. The molecule has 0 aliphatic carbocycles. The van der Waals surface area contributed by atoms with Crippen LogP contribution in [-0.4, -0.2) is 39.1 Å².